The summed E-state index contributed by atoms with van der Waals surface area (Å²) in [5.74, 6) is -1.49. The van der Waals surface area contributed by atoms with Crippen molar-refractivity contribution >= 4 is 17.4 Å². The van der Waals surface area contributed by atoms with Crippen molar-refractivity contribution in [3.8, 4) is 0 Å². The lowest BCUT2D eigenvalue weighted by atomic mass is 10.2. The lowest BCUT2D eigenvalue weighted by Crippen LogP contribution is -2.16. The molecular weight excluding hydrogens is 314 g/mol. The van der Waals surface area contributed by atoms with Gasteiger partial charge < -0.3 is 10.6 Å². The predicted molar refractivity (Wildman–Crippen MR) is 89.1 cm³/mol. The number of benzene rings is 1. The molecule has 0 saturated carbocycles. The molecule has 2 aromatic rings. The standard InChI is InChI=1S/C17H20F2N4O/c1-3-4-5-8-20-16-10-15(21-11(2)22-16)17(24)23-12-6-7-13(18)14(19)9-12/h6-7,9-10H,3-5,8H2,1-2H3,(H,23,24)(H,20,21,22). The summed E-state index contributed by atoms with van der Waals surface area (Å²) in [6.07, 6.45) is 3.24. The monoisotopic (exact) mass is 334 g/mol. The van der Waals surface area contributed by atoms with Crippen LogP contribution >= 0.6 is 0 Å². The van der Waals surface area contributed by atoms with Crippen molar-refractivity contribution in [1.29, 1.82) is 0 Å². The van der Waals surface area contributed by atoms with Gasteiger partial charge in [-0.05, 0) is 25.5 Å². The summed E-state index contributed by atoms with van der Waals surface area (Å²) in [5, 5.41) is 5.65. The third-order valence-electron chi connectivity index (χ3n) is 3.33. The summed E-state index contributed by atoms with van der Waals surface area (Å²) in [6.45, 7) is 4.57. The topological polar surface area (TPSA) is 66.9 Å². The molecule has 0 aliphatic rings. The number of amides is 1. The Morgan fingerprint density at radius 3 is 2.62 bits per heavy atom. The fraction of sp³-hybridized carbons (Fsp3) is 0.353. The molecule has 2 N–H and O–H groups in total. The number of anilines is 2. The maximum atomic E-state index is 13.2. The van der Waals surface area contributed by atoms with Crippen LogP contribution in [0, 0.1) is 18.6 Å². The summed E-state index contributed by atoms with van der Waals surface area (Å²) in [6, 6.07) is 4.70. The predicted octanol–water partition coefficient (Wildman–Crippen LogP) is 3.92. The molecule has 24 heavy (non-hydrogen) atoms. The van der Waals surface area contributed by atoms with E-state index in [1.807, 2.05) is 0 Å². The lowest BCUT2D eigenvalue weighted by Gasteiger charge is -2.09. The average molecular weight is 334 g/mol. The molecule has 5 nitrogen and oxygen atoms in total. The van der Waals surface area contributed by atoms with Gasteiger partial charge in [-0.15, -0.1) is 0 Å². The van der Waals surface area contributed by atoms with E-state index in [0.29, 0.717) is 11.6 Å². The van der Waals surface area contributed by atoms with Gasteiger partial charge in [-0.1, -0.05) is 19.8 Å². The second-order valence-corrected chi connectivity index (χ2v) is 5.40. The maximum Gasteiger partial charge on any atom is 0.274 e. The molecule has 0 unspecified atom stereocenters. The highest BCUT2D eigenvalue weighted by Crippen LogP contribution is 2.15. The maximum absolute atomic E-state index is 13.2. The summed E-state index contributed by atoms with van der Waals surface area (Å²) in [7, 11) is 0. The molecule has 0 radical (unpaired) electrons. The van der Waals surface area contributed by atoms with E-state index in [1.54, 1.807) is 6.92 Å². The molecule has 0 bridgehead atoms. The summed E-state index contributed by atoms with van der Waals surface area (Å²) in [5.41, 5.74) is 0.317. The van der Waals surface area contributed by atoms with Crippen LogP contribution in [0.15, 0.2) is 24.3 Å². The number of hydrogen-bond acceptors (Lipinski definition) is 4. The second-order valence-electron chi connectivity index (χ2n) is 5.40. The lowest BCUT2D eigenvalue weighted by molar-refractivity contribution is 0.102. The van der Waals surface area contributed by atoms with Gasteiger partial charge in [0, 0.05) is 24.4 Å². The molecule has 0 aliphatic carbocycles. The van der Waals surface area contributed by atoms with Crippen molar-refractivity contribution in [2.75, 3.05) is 17.2 Å². The van der Waals surface area contributed by atoms with Gasteiger partial charge in [0.05, 0.1) is 0 Å². The third-order valence-corrected chi connectivity index (χ3v) is 3.33. The molecule has 128 valence electrons. The van der Waals surface area contributed by atoms with Gasteiger partial charge in [0.25, 0.3) is 5.91 Å². The Morgan fingerprint density at radius 2 is 1.92 bits per heavy atom. The Bertz CT molecular complexity index is 722. The Morgan fingerprint density at radius 1 is 1.12 bits per heavy atom. The van der Waals surface area contributed by atoms with Gasteiger partial charge in [-0.3, -0.25) is 4.79 Å². The quantitative estimate of drug-likeness (QED) is 0.753. The van der Waals surface area contributed by atoms with Crippen molar-refractivity contribution in [3.05, 3.63) is 47.4 Å². The molecule has 1 aromatic carbocycles. The van der Waals surface area contributed by atoms with Gasteiger partial charge >= 0.3 is 0 Å². The van der Waals surface area contributed by atoms with Gasteiger partial charge in [0.1, 0.15) is 17.3 Å². The van der Waals surface area contributed by atoms with Gasteiger partial charge in [0.2, 0.25) is 0 Å². The fourth-order valence-electron chi connectivity index (χ4n) is 2.14. The number of aryl methyl sites for hydroxylation is 1. The minimum Gasteiger partial charge on any atom is -0.370 e. The first-order chi connectivity index (χ1) is 11.5. The molecule has 0 atom stereocenters. The van der Waals surface area contributed by atoms with Crippen LogP contribution in [0.4, 0.5) is 20.3 Å². The van der Waals surface area contributed by atoms with E-state index in [9.17, 15) is 13.6 Å². The first kappa shape index (κ1) is 17.8. The Hall–Kier alpha value is -2.57. The highest BCUT2D eigenvalue weighted by molar-refractivity contribution is 6.03. The fourth-order valence-corrected chi connectivity index (χ4v) is 2.14. The van der Waals surface area contributed by atoms with Crippen molar-refractivity contribution in [1.82, 2.24) is 9.97 Å². The number of rotatable bonds is 7. The van der Waals surface area contributed by atoms with E-state index in [2.05, 4.69) is 27.5 Å². The molecule has 0 fully saturated rings. The molecule has 0 spiro atoms. The Kier molecular flexibility index (Phi) is 6.17. The van der Waals surface area contributed by atoms with Crippen LogP contribution in [0.3, 0.4) is 0 Å². The van der Waals surface area contributed by atoms with Crippen LogP contribution in [0.1, 0.15) is 42.5 Å². The van der Waals surface area contributed by atoms with Crippen LogP contribution in [0.5, 0.6) is 0 Å². The highest BCUT2D eigenvalue weighted by Gasteiger charge is 2.12. The molecule has 2 rings (SSSR count). The third kappa shape index (κ3) is 4.97. The van der Waals surface area contributed by atoms with E-state index in [-0.39, 0.29) is 11.4 Å². The van der Waals surface area contributed by atoms with Crippen molar-refractivity contribution in [2.45, 2.75) is 33.1 Å². The number of nitrogens with zero attached hydrogens (tertiary/aromatic N) is 2. The van der Waals surface area contributed by atoms with E-state index in [4.69, 9.17) is 0 Å². The number of carbonyl (C=O) groups excluding carboxylic acids is 1. The molecule has 0 saturated heterocycles. The first-order valence-corrected chi connectivity index (χ1v) is 7.85. The number of unbranched alkanes of at least 4 members (excludes halogenated alkanes) is 2. The number of carbonyl (C=O) groups is 1. The normalized spacial score (nSPS) is 10.5. The number of hydrogen-bond donors (Lipinski definition) is 2. The molecule has 7 heteroatoms. The van der Waals surface area contributed by atoms with E-state index >= 15 is 0 Å². The van der Waals surface area contributed by atoms with Gasteiger partial charge in [-0.2, -0.15) is 0 Å². The molecule has 1 heterocycles. The van der Waals surface area contributed by atoms with Gasteiger partial charge in [-0.25, -0.2) is 18.7 Å². The summed E-state index contributed by atoms with van der Waals surface area (Å²) >= 11 is 0. The average Bonchev–Trinajstić information content (AvgIpc) is 2.54. The van der Waals surface area contributed by atoms with Crippen LogP contribution in [0.25, 0.3) is 0 Å². The van der Waals surface area contributed by atoms with E-state index in [1.165, 1.54) is 12.1 Å². The highest BCUT2D eigenvalue weighted by atomic mass is 19.2. The number of nitrogens with one attached hydrogen (secondary N) is 2. The summed E-state index contributed by atoms with van der Waals surface area (Å²) in [4.78, 5) is 20.6. The zero-order chi connectivity index (χ0) is 17.5. The van der Waals surface area contributed by atoms with E-state index < -0.39 is 17.5 Å². The molecule has 1 aromatic heterocycles. The van der Waals surface area contributed by atoms with Crippen molar-refractivity contribution < 1.29 is 13.6 Å². The largest absolute Gasteiger partial charge is 0.370 e. The van der Waals surface area contributed by atoms with Crippen molar-refractivity contribution in [2.24, 2.45) is 0 Å². The van der Waals surface area contributed by atoms with Crippen LogP contribution < -0.4 is 10.6 Å². The summed E-state index contributed by atoms with van der Waals surface area (Å²) < 4.78 is 26.1. The van der Waals surface area contributed by atoms with Gasteiger partial charge in [0.15, 0.2) is 11.6 Å². The zero-order valence-corrected chi connectivity index (χ0v) is 13.7. The molecule has 1 amide bonds. The van der Waals surface area contributed by atoms with Crippen LogP contribution in [-0.4, -0.2) is 22.4 Å². The van der Waals surface area contributed by atoms with E-state index in [0.717, 1.165) is 37.9 Å². The smallest absolute Gasteiger partial charge is 0.274 e. The van der Waals surface area contributed by atoms with Crippen LogP contribution in [-0.2, 0) is 0 Å². The Labute approximate surface area is 139 Å². The van der Waals surface area contributed by atoms with Crippen LogP contribution in [0.2, 0.25) is 0 Å². The number of halogens is 2. The zero-order valence-electron chi connectivity index (χ0n) is 13.7. The number of aromatic nitrogens is 2. The Balaban J connectivity index is 2.07. The first-order valence-electron chi connectivity index (χ1n) is 7.85. The molecule has 0 aliphatic heterocycles. The molecular formula is C17H20F2N4O. The SMILES string of the molecule is CCCCCNc1cc(C(=O)Nc2ccc(F)c(F)c2)nc(C)n1. The minimum atomic E-state index is -1.02. The minimum absolute atomic E-state index is 0.158. The second kappa shape index (κ2) is 8.33. The van der Waals surface area contributed by atoms with Crippen molar-refractivity contribution in [3.63, 3.8) is 0 Å².